The number of rotatable bonds is 12. The number of carbonyl (C=O) groups excluding carboxylic acids is 2. The van der Waals surface area contributed by atoms with Gasteiger partial charge in [0.25, 0.3) is 0 Å². The summed E-state index contributed by atoms with van der Waals surface area (Å²) < 4.78 is 29.2. The highest BCUT2D eigenvalue weighted by molar-refractivity contribution is 5.67. The maximum Gasteiger partial charge on any atom is 0.303 e. The average Bonchev–Trinajstić information content (AvgIpc) is 2.86. The first-order valence-corrected chi connectivity index (χ1v) is 13.7. The molecule has 1 aliphatic carbocycles. The summed E-state index contributed by atoms with van der Waals surface area (Å²) in [7, 11) is 0. The quantitative estimate of drug-likeness (QED) is 0.270. The van der Waals surface area contributed by atoms with E-state index < -0.39 is 30.4 Å². The summed E-state index contributed by atoms with van der Waals surface area (Å²) >= 11 is 0. The lowest BCUT2D eigenvalue weighted by Crippen LogP contribution is -2.57. The van der Waals surface area contributed by atoms with Crippen LogP contribution in [0.3, 0.4) is 0 Å². The topological polar surface area (TPSA) is 80.3 Å². The maximum atomic E-state index is 11.7. The van der Waals surface area contributed by atoms with Crippen molar-refractivity contribution in [2.24, 2.45) is 11.8 Å². The highest BCUT2D eigenvalue weighted by Crippen LogP contribution is 2.33. The Labute approximate surface area is 216 Å². The lowest BCUT2D eigenvalue weighted by Gasteiger charge is -2.43. The zero-order valence-corrected chi connectivity index (χ0v) is 22.4. The zero-order chi connectivity index (χ0) is 25.9. The third kappa shape index (κ3) is 8.77. The third-order valence-electron chi connectivity index (χ3n) is 7.29. The molecule has 36 heavy (non-hydrogen) atoms. The number of hydrogen-bond acceptors (Lipinski definition) is 7. The number of benzene rings is 1. The van der Waals surface area contributed by atoms with Crippen LogP contribution in [0.25, 0.3) is 0 Å². The van der Waals surface area contributed by atoms with Crippen molar-refractivity contribution in [3.05, 3.63) is 29.8 Å². The SMILES string of the molecule is CC[C@H]1O[C@@H](OCCCCc2ccc(OCC3CCCCC3)cc2)[C@H](OC(C)=O)[C@@H](OC(C)=O)[C@@H]1C. The van der Waals surface area contributed by atoms with Crippen molar-refractivity contribution in [3.63, 3.8) is 0 Å². The molecule has 0 spiro atoms. The molecular weight excluding hydrogens is 460 g/mol. The van der Waals surface area contributed by atoms with Gasteiger partial charge in [-0.2, -0.15) is 0 Å². The second-order valence-electron chi connectivity index (χ2n) is 10.2. The highest BCUT2D eigenvalue weighted by atomic mass is 16.7. The molecule has 7 heteroatoms. The molecule has 0 N–H and O–H groups in total. The molecular formula is C29H44O7. The lowest BCUT2D eigenvalue weighted by molar-refractivity contribution is -0.290. The van der Waals surface area contributed by atoms with Crippen LogP contribution in [0.2, 0.25) is 0 Å². The normalized spacial score (nSPS) is 26.8. The van der Waals surface area contributed by atoms with Gasteiger partial charge >= 0.3 is 11.9 Å². The summed E-state index contributed by atoms with van der Waals surface area (Å²) in [6, 6.07) is 8.40. The van der Waals surface area contributed by atoms with E-state index in [4.69, 9.17) is 23.7 Å². The zero-order valence-electron chi connectivity index (χ0n) is 22.4. The Balaban J connectivity index is 1.43. The highest BCUT2D eigenvalue weighted by Gasteiger charge is 2.47. The van der Waals surface area contributed by atoms with E-state index in [1.807, 2.05) is 13.8 Å². The molecule has 202 valence electrons. The fourth-order valence-electron chi connectivity index (χ4n) is 5.27. The molecule has 2 fully saturated rings. The second kappa shape index (κ2) is 14.6. The summed E-state index contributed by atoms with van der Waals surface area (Å²) in [5, 5.41) is 0. The number of carbonyl (C=O) groups is 2. The predicted molar refractivity (Wildman–Crippen MR) is 137 cm³/mol. The van der Waals surface area contributed by atoms with E-state index in [2.05, 4.69) is 24.3 Å². The van der Waals surface area contributed by atoms with Gasteiger partial charge < -0.3 is 23.7 Å². The first-order chi connectivity index (χ1) is 17.4. The van der Waals surface area contributed by atoms with Crippen LogP contribution in [0.4, 0.5) is 0 Å². The van der Waals surface area contributed by atoms with Crippen molar-refractivity contribution in [1.29, 1.82) is 0 Å². The van der Waals surface area contributed by atoms with E-state index in [1.165, 1.54) is 51.5 Å². The Bertz CT molecular complexity index is 802. The monoisotopic (exact) mass is 504 g/mol. The molecule has 0 amide bonds. The molecule has 0 bridgehead atoms. The van der Waals surface area contributed by atoms with Gasteiger partial charge in [0.15, 0.2) is 12.4 Å². The molecule has 0 aromatic heterocycles. The van der Waals surface area contributed by atoms with Crippen molar-refractivity contribution < 1.29 is 33.3 Å². The Morgan fingerprint density at radius 2 is 1.61 bits per heavy atom. The van der Waals surface area contributed by atoms with Crippen molar-refractivity contribution in [3.8, 4) is 5.75 Å². The molecule has 7 nitrogen and oxygen atoms in total. The van der Waals surface area contributed by atoms with Gasteiger partial charge in [-0.25, -0.2) is 0 Å². The van der Waals surface area contributed by atoms with Crippen molar-refractivity contribution >= 4 is 11.9 Å². The summed E-state index contributed by atoms with van der Waals surface area (Å²) in [4.78, 5) is 23.4. The van der Waals surface area contributed by atoms with Crippen molar-refractivity contribution in [2.75, 3.05) is 13.2 Å². The molecule has 3 rings (SSSR count). The average molecular weight is 505 g/mol. The molecule has 0 unspecified atom stereocenters. The first-order valence-electron chi connectivity index (χ1n) is 13.7. The summed E-state index contributed by atoms with van der Waals surface area (Å²) in [5.41, 5.74) is 1.27. The predicted octanol–water partition coefficient (Wildman–Crippen LogP) is 5.62. The third-order valence-corrected chi connectivity index (χ3v) is 7.29. The summed E-state index contributed by atoms with van der Waals surface area (Å²) in [6.07, 6.45) is 7.77. The van der Waals surface area contributed by atoms with E-state index in [0.29, 0.717) is 12.5 Å². The first kappa shape index (κ1) is 28.5. The molecule has 1 aromatic rings. The van der Waals surface area contributed by atoms with Crippen LogP contribution >= 0.6 is 0 Å². The minimum absolute atomic E-state index is 0.113. The van der Waals surface area contributed by atoms with E-state index in [0.717, 1.165) is 38.0 Å². The molecule has 1 aliphatic heterocycles. The largest absolute Gasteiger partial charge is 0.493 e. The summed E-state index contributed by atoms with van der Waals surface area (Å²) in [5.74, 6) is 0.665. The minimum Gasteiger partial charge on any atom is -0.493 e. The molecule has 1 aromatic carbocycles. The van der Waals surface area contributed by atoms with Gasteiger partial charge in [0.2, 0.25) is 0 Å². The van der Waals surface area contributed by atoms with E-state index in [-0.39, 0.29) is 12.0 Å². The van der Waals surface area contributed by atoms with Crippen LogP contribution in [0.5, 0.6) is 5.75 Å². The molecule has 0 radical (unpaired) electrons. The van der Waals surface area contributed by atoms with Crippen LogP contribution < -0.4 is 4.74 Å². The standard InChI is InChI=1S/C29H44O7/c1-5-26-20(2)27(34-21(3)30)28(35-22(4)31)29(36-26)32-18-10-9-11-23-14-16-25(17-15-23)33-19-24-12-7-6-8-13-24/h14-17,20,24,26-29H,5-13,18-19H2,1-4H3/t20-,26-,27+,28-,29-/m1/s1. The van der Waals surface area contributed by atoms with E-state index in [9.17, 15) is 9.59 Å². The van der Waals surface area contributed by atoms with E-state index >= 15 is 0 Å². The van der Waals surface area contributed by atoms with Crippen LogP contribution in [-0.2, 0) is 35.0 Å². The Kier molecular flexibility index (Phi) is 11.5. The Morgan fingerprint density at radius 3 is 2.25 bits per heavy atom. The van der Waals surface area contributed by atoms with Gasteiger partial charge in [-0.3, -0.25) is 9.59 Å². The molecule has 1 saturated carbocycles. The molecule has 5 atom stereocenters. The number of hydrogen-bond donors (Lipinski definition) is 0. The Hall–Kier alpha value is -2.12. The number of ether oxygens (including phenoxy) is 5. The van der Waals surface area contributed by atoms with Gasteiger partial charge in [-0.1, -0.05) is 45.2 Å². The van der Waals surface area contributed by atoms with Gasteiger partial charge in [0, 0.05) is 26.4 Å². The van der Waals surface area contributed by atoms with Gasteiger partial charge in [0.1, 0.15) is 11.9 Å². The fourth-order valence-corrected chi connectivity index (χ4v) is 5.27. The smallest absolute Gasteiger partial charge is 0.303 e. The maximum absolute atomic E-state index is 11.7. The number of unbranched alkanes of at least 4 members (excludes halogenated alkanes) is 1. The van der Waals surface area contributed by atoms with E-state index in [1.54, 1.807) is 0 Å². The van der Waals surface area contributed by atoms with Crippen LogP contribution in [-0.4, -0.2) is 49.8 Å². The minimum atomic E-state index is -0.787. The van der Waals surface area contributed by atoms with Crippen LogP contribution in [0.1, 0.15) is 84.6 Å². The van der Waals surface area contributed by atoms with Gasteiger partial charge in [-0.15, -0.1) is 0 Å². The van der Waals surface area contributed by atoms with Gasteiger partial charge in [-0.05, 0) is 62.1 Å². The van der Waals surface area contributed by atoms with Gasteiger partial charge in [0.05, 0.1) is 12.7 Å². The number of esters is 2. The lowest BCUT2D eigenvalue weighted by atomic mass is 9.89. The molecule has 1 heterocycles. The van der Waals surface area contributed by atoms with Crippen LogP contribution in [0, 0.1) is 11.8 Å². The number of aryl methyl sites for hydroxylation is 1. The fraction of sp³-hybridized carbons (Fsp3) is 0.724. The van der Waals surface area contributed by atoms with Crippen molar-refractivity contribution in [2.45, 2.75) is 110 Å². The summed E-state index contributed by atoms with van der Waals surface area (Å²) in [6.45, 7) is 7.94. The Morgan fingerprint density at radius 1 is 0.944 bits per heavy atom. The molecule has 2 aliphatic rings. The van der Waals surface area contributed by atoms with Crippen LogP contribution in [0.15, 0.2) is 24.3 Å². The second-order valence-corrected chi connectivity index (χ2v) is 10.2. The molecule has 1 saturated heterocycles. The van der Waals surface area contributed by atoms with Crippen molar-refractivity contribution in [1.82, 2.24) is 0 Å².